The first-order valence-corrected chi connectivity index (χ1v) is 7.24. The highest BCUT2D eigenvalue weighted by atomic mass is 19.1. The first kappa shape index (κ1) is 15.8. The minimum absolute atomic E-state index is 0.0728. The fraction of sp³-hybridized carbons (Fsp3) is 0.562. The summed E-state index contributed by atoms with van der Waals surface area (Å²) in [6, 6.07) is 4.91. The van der Waals surface area contributed by atoms with E-state index in [1.165, 1.54) is 13.2 Å². The van der Waals surface area contributed by atoms with Crippen LogP contribution in [0.1, 0.15) is 25.8 Å². The Kier molecular flexibility index (Phi) is 5.17. The van der Waals surface area contributed by atoms with E-state index >= 15 is 0 Å². The predicted octanol–water partition coefficient (Wildman–Crippen LogP) is 2.40. The number of ether oxygens (including phenoxy) is 2. The Hall–Kier alpha value is -1.62. The maximum absolute atomic E-state index is 13.6. The molecule has 0 aliphatic carbocycles. The molecule has 1 aliphatic heterocycles. The third-order valence-electron chi connectivity index (χ3n) is 3.77. The monoisotopic (exact) mass is 295 g/mol. The minimum atomic E-state index is -0.393. The SMILES string of the molecule is COc1ccc(CCC(=O)N2C[C@@H](C)OC[C@H]2C)cc1F. The third kappa shape index (κ3) is 3.94. The Labute approximate surface area is 124 Å². The minimum Gasteiger partial charge on any atom is -0.494 e. The van der Waals surface area contributed by atoms with Crippen LogP contribution in [-0.2, 0) is 16.0 Å². The molecule has 21 heavy (non-hydrogen) atoms. The van der Waals surface area contributed by atoms with Crippen LogP contribution in [0.2, 0.25) is 0 Å². The quantitative estimate of drug-likeness (QED) is 0.856. The van der Waals surface area contributed by atoms with Crippen molar-refractivity contribution >= 4 is 5.91 Å². The van der Waals surface area contributed by atoms with Crippen molar-refractivity contribution in [2.24, 2.45) is 0 Å². The number of methoxy groups -OCH3 is 1. The second-order valence-electron chi connectivity index (χ2n) is 5.51. The Bertz CT molecular complexity index is 506. The Morgan fingerprint density at radius 2 is 2.24 bits per heavy atom. The van der Waals surface area contributed by atoms with Crippen molar-refractivity contribution in [3.8, 4) is 5.75 Å². The van der Waals surface area contributed by atoms with Gasteiger partial charge in [0.1, 0.15) is 0 Å². The average Bonchev–Trinajstić information content (AvgIpc) is 2.47. The highest BCUT2D eigenvalue weighted by Crippen LogP contribution is 2.19. The van der Waals surface area contributed by atoms with Gasteiger partial charge in [-0.15, -0.1) is 0 Å². The van der Waals surface area contributed by atoms with Crippen LogP contribution in [0.3, 0.4) is 0 Å². The van der Waals surface area contributed by atoms with Gasteiger partial charge in [-0.2, -0.15) is 0 Å². The van der Waals surface area contributed by atoms with Gasteiger partial charge in [-0.3, -0.25) is 4.79 Å². The van der Waals surface area contributed by atoms with Gasteiger partial charge in [0.15, 0.2) is 11.6 Å². The van der Waals surface area contributed by atoms with Crippen LogP contribution >= 0.6 is 0 Å². The highest BCUT2D eigenvalue weighted by molar-refractivity contribution is 5.77. The second-order valence-corrected chi connectivity index (χ2v) is 5.51. The van der Waals surface area contributed by atoms with Crippen molar-refractivity contribution < 1.29 is 18.7 Å². The van der Waals surface area contributed by atoms with Crippen molar-refractivity contribution in [2.75, 3.05) is 20.3 Å². The molecule has 0 aromatic heterocycles. The molecule has 2 rings (SSSR count). The normalized spacial score (nSPS) is 22.2. The molecule has 0 unspecified atom stereocenters. The average molecular weight is 295 g/mol. The number of rotatable bonds is 4. The van der Waals surface area contributed by atoms with Gasteiger partial charge in [0.2, 0.25) is 5.91 Å². The van der Waals surface area contributed by atoms with E-state index in [1.807, 2.05) is 18.7 Å². The molecule has 0 bridgehead atoms. The molecule has 4 nitrogen and oxygen atoms in total. The molecule has 1 heterocycles. The number of amides is 1. The standard InChI is InChI=1S/C16H22FNO3/c1-11-10-21-12(2)9-18(11)16(19)7-5-13-4-6-15(20-3)14(17)8-13/h4,6,8,11-12H,5,7,9-10H2,1-3H3/t11-,12-/m1/s1. The van der Waals surface area contributed by atoms with Gasteiger partial charge >= 0.3 is 0 Å². The number of carbonyl (C=O) groups excluding carboxylic acids is 1. The summed E-state index contributed by atoms with van der Waals surface area (Å²) in [5.41, 5.74) is 0.801. The first-order valence-electron chi connectivity index (χ1n) is 7.24. The fourth-order valence-corrected chi connectivity index (χ4v) is 2.51. The van der Waals surface area contributed by atoms with Crippen molar-refractivity contribution in [1.29, 1.82) is 0 Å². The van der Waals surface area contributed by atoms with Gasteiger partial charge in [-0.25, -0.2) is 4.39 Å². The summed E-state index contributed by atoms with van der Waals surface area (Å²) in [4.78, 5) is 14.1. The molecule has 0 spiro atoms. The number of hydrogen-bond donors (Lipinski definition) is 0. The van der Waals surface area contributed by atoms with Crippen LogP contribution < -0.4 is 4.74 Å². The van der Waals surface area contributed by atoms with E-state index in [2.05, 4.69) is 0 Å². The predicted molar refractivity (Wildman–Crippen MR) is 77.9 cm³/mol. The first-order chi connectivity index (χ1) is 10.0. The highest BCUT2D eigenvalue weighted by Gasteiger charge is 2.26. The molecule has 0 saturated carbocycles. The molecule has 2 atom stereocenters. The van der Waals surface area contributed by atoms with Crippen molar-refractivity contribution in [2.45, 2.75) is 38.8 Å². The zero-order chi connectivity index (χ0) is 15.4. The lowest BCUT2D eigenvalue weighted by Gasteiger charge is -2.37. The number of morpholine rings is 1. The zero-order valence-corrected chi connectivity index (χ0v) is 12.8. The molecule has 1 aliphatic rings. The number of hydrogen-bond acceptors (Lipinski definition) is 3. The smallest absolute Gasteiger partial charge is 0.223 e. The molecule has 0 N–H and O–H groups in total. The molecule has 1 amide bonds. The second kappa shape index (κ2) is 6.89. The topological polar surface area (TPSA) is 38.8 Å². The number of benzene rings is 1. The molecule has 116 valence electrons. The summed E-state index contributed by atoms with van der Waals surface area (Å²) in [6.07, 6.45) is 0.977. The summed E-state index contributed by atoms with van der Waals surface area (Å²) >= 11 is 0. The Balaban J connectivity index is 1.93. The molecule has 1 saturated heterocycles. The summed E-state index contributed by atoms with van der Waals surface area (Å²) < 4.78 is 24.0. The van der Waals surface area contributed by atoms with Crippen LogP contribution in [0, 0.1) is 5.82 Å². The van der Waals surface area contributed by atoms with Crippen LogP contribution in [0.25, 0.3) is 0 Å². The van der Waals surface area contributed by atoms with E-state index in [1.54, 1.807) is 12.1 Å². The molecule has 0 radical (unpaired) electrons. The maximum Gasteiger partial charge on any atom is 0.223 e. The molecule has 1 fully saturated rings. The van der Waals surface area contributed by atoms with E-state index in [-0.39, 0.29) is 23.8 Å². The fourth-order valence-electron chi connectivity index (χ4n) is 2.51. The van der Waals surface area contributed by atoms with Gasteiger partial charge in [0.25, 0.3) is 0 Å². The number of aryl methyl sites for hydroxylation is 1. The summed E-state index contributed by atoms with van der Waals surface area (Å²) in [6.45, 7) is 5.14. The van der Waals surface area contributed by atoms with E-state index in [9.17, 15) is 9.18 Å². The van der Waals surface area contributed by atoms with Crippen LogP contribution in [0.15, 0.2) is 18.2 Å². The summed E-state index contributed by atoms with van der Waals surface area (Å²) in [5.74, 6) is -0.0783. The summed E-state index contributed by atoms with van der Waals surface area (Å²) in [5, 5.41) is 0. The zero-order valence-electron chi connectivity index (χ0n) is 12.8. The number of nitrogens with zero attached hydrogens (tertiary/aromatic N) is 1. The van der Waals surface area contributed by atoms with E-state index in [0.717, 1.165) is 5.56 Å². The Morgan fingerprint density at radius 3 is 2.90 bits per heavy atom. The van der Waals surface area contributed by atoms with Crippen LogP contribution in [0.4, 0.5) is 4.39 Å². The lowest BCUT2D eigenvalue weighted by atomic mass is 10.1. The van der Waals surface area contributed by atoms with Gasteiger partial charge in [0, 0.05) is 13.0 Å². The maximum atomic E-state index is 13.6. The third-order valence-corrected chi connectivity index (χ3v) is 3.77. The van der Waals surface area contributed by atoms with Crippen molar-refractivity contribution in [3.05, 3.63) is 29.6 Å². The van der Waals surface area contributed by atoms with E-state index in [4.69, 9.17) is 9.47 Å². The Morgan fingerprint density at radius 1 is 1.48 bits per heavy atom. The lowest BCUT2D eigenvalue weighted by molar-refractivity contribution is -0.143. The van der Waals surface area contributed by atoms with Gasteiger partial charge in [-0.05, 0) is 38.0 Å². The van der Waals surface area contributed by atoms with Crippen LogP contribution in [-0.4, -0.2) is 43.2 Å². The lowest BCUT2D eigenvalue weighted by Crippen LogP contribution is -2.50. The van der Waals surface area contributed by atoms with Gasteiger partial charge < -0.3 is 14.4 Å². The van der Waals surface area contributed by atoms with Crippen molar-refractivity contribution in [1.82, 2.24) is 4.90 Å². The van der Waals surface area contributed by atoms with Crippen molar-refractivity contribution in [3.63, 3.8) is 0 Å². The molecule has 5 heteroatoms. The number of halogens is 1. The largest absolute Gasteiger partial charge is 0.494 e. The molecule has 1 aromatic rings. The number of carbonyl (C=O) groups is 1. The van der Waals surface area contributed by atoms with Gasteiger partial charge in [-0.1, -0.05) is 6.07 Å². The van der Waals surface area contributed by atoms with Crippen LogP contribution in [0.5, 0.6) is 5.75 Å². The van der Waals surface area contributed by atoms with E-state index in [0.29, 0.717) is 26.0 Å². The summed E-state index contributed by atoms with van der Waals surface area (Å²) in [7, 11) is 1.43. The molecular formula is C16H22FNO3. The van der Waals surface area contributed by atoms with E-state index < -0.39 is 5.82 Å². The van der Waals surface area contributed by atoms with Gasteiger partial charge in [0.05, 0.1) is 25.9 Å². The molecular weight excluding hydrogens is 273 g/mol. The molecule has 1 aromatic carbocycles.